The van der Waals surface area contributed by atoms with Crippen LogP contribution in [-0.4, -0.2) is 78.1 Å². The number of hydrogen-bond donors (Lipinski definition) is 1. The Morgan fingerprint density at radius 1 is 1.22 bits per heavy atom. The number of aliphatic hydroxyl groups excluding tert-OH is 1. The third-order valence-electron chi connectivity index (χ3n) is 4.90. The first kappa shape index (κ1) is 16.9. The van der Waals surface area contributed by atoms with Gasteiger partial charge in [0, 0.05) is 50.8 Å². The largest absolute Gasteiger partial charge is 0.396 e. The lowest BCUT2D eigenvalue weighted by molar-refractivity contribution is -0.134. The number of piperazine rings is 1. The van der Waals surface area contributed by atoms with E-state index in [9.17, 15) is 9.90 Å². The molecule has 1 amide bonds. The highest BCUT2D eigenvalue weighted by Crippen LogP contribution is 2.17. The molecule has 0 aromatic carbocycles. The Morgan fingerprint density at radius 3 is 2.74 bits per heavy atom. The molecule has 3 heterocycles. The molecule has 1 atom stereocenters. The van der Waals surface area contributed by atoms with Gasteiger partial charge in [0.15, 0.2) is 0 Å². The fourth-order valence-corrected chi connectivity index (χ4v) is 4.26. The van der Waals surface area contributed by atoms with Crippen molar-refractivity contribution >= 4 is 17.2 Å². The quantitative estimate of drug-likeness (QED) is 0.874. The van der Waals surface area contributed by atoms with E-state index in [0.717, 1.165) is 58.7 Å². The normalized spacial score (nSPS) is 24.0. The van der Waals surface area contributed by atoms with Gasteiger partial charge in [-0.2, -0.15) is 0 Å². The first-order valence-corrected chi connectivity index (χ1v) is 9.48. The smallest absolute Gasteiger partial charge is 0.236 e. The van der Waals surface area contributed by atoms with Gasteiger partial charge in [-0.05, 0) is 36.8 Å². The molecular formula is C17H27N3O2S. The van der Waals surface area contributed by atoms with Crippen molar-refractivity contribution in [1.82, 2.24) is 14.7 Å². The van der Waals surface area contributed by atoms with Crippen molar-refractivity contribution in [2.24, 2.45) is 5.92 Å². The van der Waals surface area contributed by atoms with Crippen LogP contribution in [0.25, 0.3) is 0 Å². The summed E-state index contributed by atoms with van der Waals surface area (Å²) in [5.41, 5.74) is 0. The van der Waals surface area contributed by atoms with Crippen LogP contribution in [0.1, 0.15) is 17.7 Å². The van der Waals surface area contributed by atoms with Crippen molar-refractivity contribution < 1.29 is 9.90 Å². The number of hydrogen-bond acceptors (Lipinski definition) is 5. The maximum absolute atomic E-state index is 12.5. The molecule has 128 valence electrons. The minimum absolute atomic E-state index is 0.242. The molecule has 5 nitrogen and oxygen atoms in total. The molecule has 1 aromatic rings. The summed E-state index contributed by atoms with van der Waals surface area (Å²) in [6.07, 6.45) is 2.18. The second-order valence-electron chi connectivity index (χ2n) is 6.66. The average molecular weight is 337 g/mol. The lowest BCUT2D eigenvalue weighted by atomic mass is 9.99. The Morgan fingerprint density at radius 2 is 2.04 bits per heavy atom. The van der Waals surface area contributed by atoms with Crippen LogP contribution >= 0.6 is 11.3 Å². The summed E-state index contributed by atoms with van der Waals surface area (Å²) in [7, 11) is 0. The lowest BCUT2D eigenvalue weighted by Gasteiger charge is -2.37. The Bertz CT molecular complexity index is 486. The van der Waals surface area contributed by atoms with Crippen LogP contribution < -0.4 is 0 Å². The van der Waals surface area contributed by atoms with Crippen LogP contribution in [0, 0.1) is 5.92 Å². The maximum Gasteiger partial charge on any atom is 0.236 e. The van der Waals surface area contributed by atoms with Gasteiger partial charge in [-0.3, -0.25) is 14.6 Å². The van der Waals surface area contributed by atoms with E-state index in [4.69, 9.17) is 0 Å². The number of aliphatic hydroxyl groups is 1. The van der Waals surface area contributed by atoms with E-state index >= 15 is 0 Å². The highest BCUT2D eigenvalue weighted by Gasteiger charge is 2.25. The second-order valence-corrected chi connectivity index (χ2v) is 7.69. The van der Waals surface area contributed by atoms with Gasteiger partial charge in [-0.15, -0.1) is 11.3 Å². The molecule has 2 saturated heterocycles. The first-order chi connectivity index (χ1) is 11.2. The summed E-state index contributed by atoms with van der Waals surface area (Å²) in [4.78, 5) is 20.5. The number of amides is 1. The third kappa shape index (κ3) is 4.76. The van der Waals surface area contributed by atoms with Crippen molar-refractivity contribution in [3.8, 4) is 0 Å². The molecule has 2 aliphatic heterocycles. The zero-order valence-electron chi connectivity index (χ0n) is 13.7. The van der Waals surface area contributed by atoms with E-state index in [2.05, 4.69) is 27.3 Å². The van der Waals surface area contributed by atoms with Gasteiger partial charge in [-0.1, -0.05) is 6.07 Å². The van der Waals surface area contributed by atoms with Gasteiger partial charge in [-0.25, -0.2) is 0 Å². The molecule has 0 spiro atoms. The van der Waals surface area contributed by atoms with E-state index in [1.54, 1.807) is 11.3 Å². The van der Waals surface area contributed by atoms with Crippen molar-refractivity contribution in [3.05, 3.63) is 22.4 Å². The number of thiophene rings is 1. The predicted octanol–water partition coefficient (Wildman–Crippen LogP) is 1.10. The van der Waals surface area contributed by atoms with Gasteiger partial charge in [0.25, 0.3) is 0 Å². The van der Waals surface area contributed by atoms with Crippen LogP contribution in [0.3, 0.4) is 0 Å². The zero-order valence-corrected chi connectivity index (χ0v) is 14.5. The number of piperidine rings is 1. The van der Waals surface area contributed by atoms with Crippen LogP contribution in [0.4, 0.5) is 0 Å². The average Bonchev–Trinajstić information content (AvgIpc) is 3.08. The zero-order chi connectivity index (χ0) is 16.1. The summed E-state index contributed by atoms with van der Waals surface area (Å²) in [6.45, 7) is 7.20. The SMILES string of the molecule is O=C(CN1CCCC(CO)C1)N1CCN(Cc2cccs2)CC1. The molecule has 0 saturated carbocycles. The molecule has 1 N–H and O–H groups in total. The predicted molar refractivity (Wildman–Crippen MR) is 92.4 cm³/mol. The summed E-state index contributed by atoms with van der Waals surface area (Å²) in [5.74, 6) is 0.596. The Labute approximate surface area is 142 Å². The summed E-state index contributed by atoms with van der Waals surface area (Å²) in [5, 5.41) is 11.4. The Hall–Kier alpha value is -0.950. The molecule has 1 unspecified atom stereocenters. The summed E-state index contributed by atoms with van der Waals surface area (Å²) >= 11 is 1.80. The molecule has 0 bridgehead atoms. The van der Waals surface area contributed by atoms with Crippen LogP contribution in [0.5, 0.6) is 0 Å². The summed E-state index contributed by atoms with van der Waals surface area (Å²) in [6, 6.07) is 4.27. The molecular weight excluding hydrogens is 310 g/mol. The van der Waals surface area contributed by atoms with Crippen LogP contribution in [0.2, 0.25) is 0 Å². The van der Waals surface area contributed by atoms with Gasteiger partial charge in [0.05, 0.1) is 6.54 Å². The monoisotopic (exact) mass is 337 g/mol. The Balaban J connectivity index is 1.41. The number of likely N-dealkylation sites (tertiary alicyclic amines) is 1. The highest BCUT2D eigenvalue weighted by atomic mass is 32.1. The van der Waals surface area contributed by atoms with E-state index in [0.29, 0.717) is 12.5 Å². The molecule has 2 aliphatic rings. The molecule has 2 fully saturated rings. The van der Waals surface area contributed by atoms with Gasteiger partial charge in [0.1, 0.15) is 0 Å². The first-order valence-electron chi connectivity index (χ1n) is 8.60. The standard InChI is InChI=1S/C17H27N3O2S/c21-14-15-3-1-5-19(11-15)13-17(22)20-8-6-18(7-9-20)12-16-4-2-10-23-16/h2,4,10,15,21H,1,3,5-9,11-14H2. The molecule has 0 radical (unpaired) electrons. The van der Waals surface area contributed by atoms with E-state index in [-0.39, 0.29) is 12.5 Å². The third-order valence-corrected chi connectivity index (χ3v) is 5.77. The lowest BCUT2D eigenvalue weighted by Crippen LogP contribution is -2.51. The highest BCUT2D eigenvalue weighted by molar-refractivity contribution is 7.09. The van der Waals surface area contributed by atoms with Gasteiger partial charge in [0.2, 0.25) is 5.91 Å². The molecule has 0 aliphatic carbocycles. The van der Waals surface area contributed by atoms with Crippen molar-refractivity contribution in [2.75, 3.05) is 52.4 Å². The molecule has 23 heavy (non-hydrogen) atoms. The molecule has 6 heteroatoms. The molecule has 1 aromatic heterocycles. The number of carbonyl (C=O) groups is 1. The minimum atomic E-state index is 0.242. The van der Waals surface area contributed by atoms with Crippen LogP contribution in [-0.2, 0) is 11.3 Å². The fraction of sp³-hybridized carbons (Fsp3) is 0.706. The number of rotatable bonds is 5. The van der Waals surface area contributed by atoms with Crippen LogP contribution in [0.15, 0.2) is 17.5 Å². The van der Waals surface area contributed by atoms with E-state index < -0.39 is 0 Å². The fourth-order valence-electron chi connectivity index (χ4n) is 3.51. The minimum Gasteiger partial charge on any atom is -0.396 e. The van der Waals surface area contributed by atoms with Crippen molar-refractivity contribution in [1.29, 1.82) is 0 Å². The van der Waals surface area contributed by atoms with Gasteiger partial charge >= 0.3 is 0 Å². The topological polar surface area (TPSA) is 47.0 Å². The summed E-state index contributed by atoms with van der Waals surface area (Å²) < 4.78 is 0. The number of nitrogens with zero attached hydrogens (tertiary/aromatic N) is 3. The van der Waals surface area contributed by atoms with Crippen molar-refractivity contribution in [3.63, 3.8) is 0 Å². The van der Waals surface area contributed by atoms with E-state index in [1.807, 2.05) is 4.90 Å². The second kappa shape index (κ2) is 8.24. The van der Waals surface area contributed by atoms with Crippen molar-refractivity contribution in [2.45, 2.75) is 19.4 Å². The molecule has 3 rings (SSSR count). The van der Waals surface area contributed by atoms with E-state index in [1.165, 1.54) is 4.88 Å². The maximum atomic E-state index is 12.5. The Kier molecular flexibility index (Phi) is 6.05. The number of carbonyl (C=O) groups excluding carboxylic acids is 1. The van der Waals surface area contributed by atoms with Gasteiger partial charge < -0.3 is 10.0 Å².